The molecule has 2 aliphatic rings. The number of fused-ring (bicyclic) bond motifs is 1. The van der Waals surface area contributed by atoms with Crippen molar-refractivity contribution in [3.63, 3.8) is 0 Å². The number of aryl methyl sites for hydroxylation is 2. The Morgan fingerprint density at radius 3 is 3.00 bits per heavy atom. The van der Waals surface area contributed by atoms with E-state index in [0.717, 1.165) is 13.1 Å². The van der Waals surface area contributed by atoms with E-state index in [1.165, 1.54) is 68.6 Å². The Morgan fingerprint density at radius 2 is 2.20 bits per heavy atom. The molecule has 110 valence electrons. The second-order valence-electron chi connectivity index (χ2n) is 6.22. The average Bonchev–Trinajstić information content (AvgIpc) is 2.95. The second kappa shape index (κ2) is 6.57. The lowest BCUT2D eigenvalue weighted by Gasteiger charge is -2.31. The van der Waals surface area contributed by atoms with Crippen LogP contribution < -0.4 is 10.2 Å². The molecule has 1 aromatic heterocycles. The lowest BCUT2D eigenvalue weighted by Crippen LogP contribution is -2.44. The van der Waals surface area contributed by atoms with E-state index in [4.69, 9.17) is 4.98 Å². The van der Waals surface area contributed by atoms with E-state index in [9.17, 15) is 0 Å². The van der Waals surface area contributed by atoms with Crippen molar-refractivity contribution >= 4 is 5.82 Å². The van der Waals surface area contributed by atoms with E-state index in [1.54, 1.807) is 0 Å². The highest BCUT2D eigenvalue weighted by Gasteiger charge is 2.19. The molecule has 20 heavy (non-hydrogen) atoms. The number of aromatic nitrogens is 1. The molecular formula is C17H27N3. The molecule has 1 aliphatic carbocycles. The number of pyridine rings is 1. The van der Waals surface area contributed by atoms with E-state index in [-0.39, 0.29) is 0 Å². The summed E-state index contributed by atoms with van der Waals surface area (Å²) in [4.78, 5) is 7.42. The number of piperidine rings is 1. The smallest absolute Gasteiger partial charge is 0.128 e. The lowest BCUT2D eigenvalue weighted by molar-refractivity contribution is 0.398. The zero-order valence-corrected chi connectivity index (χ0v) is 12.7. The Kier molecular flexibility index (Phi) is 4.56. The maximum atomic E-state index is 4.94. The number of hydrogen-bond acceptors (Lipinski definition) is 3. The van der Waals surface area contributed by atoms with Gasteiger partial charge in [-0.15, -0.1) is 0 Å². The third kappa shape index (κ3) is 3.14. The largest absolute Gasteiger partial charge is 0.355 e. The third-order valence-electron chi connectivity index (χ3n) is 4.58. The van der Waals surface area contributed by atoms with Crippen LogP contribution in [0.1, 0.15) is 50.3 Å². The summed E-state index contributed by atoms with van der Waals surface area (Å²) in [6.45, 7) is 5.67. The van der Waals surface area contributed by atoms with Gasteiger partial charge in [0.25, 0.3) is 0 Å². The molecule has 0 radical (unpaired) electrons. The van der Waals surface area contributed by atoms with Crippen molar-refractivity contribution in [2.75, 3.05) is 24.5 Å². The molecule has 1 aliphatic heterocycles. The summed E-state index contributed by atoms with van der Waals surface area (Å²) in [5, 5.41) is 3.66. The van der Waals surface area contributed by atoms with Crippen molar-refractivity contribution in [1.82, 2.24) is 10.3 Å². The van der Waals surface area contributed by atoms with Gasteiger partial charge < -0.3 is 10.2 Å². The predicted octanol–water partition coefficient (Wildman–Crippen LogP) is 2.93. The maximum Gasteiger partial charge on any atom is 0.128 e. The first-order chi connectivity index (χ1) is 9.86. The molecule has 0 spiro atoms. The van der Waals surface area contributed by atoms with Crippen LogP contribution in [0, 0.1) is 0 Å². The summed E-state index contributed by atoms with van der Waals surface area (Å²) < 4.78 is 0. The number of rotatable bonds is 5. The summed E-state index contributed by atoms with van der Waals surface area (Å²) in [7, 11) is 0. The standard InChI is InChI=1S/C17H27N3/c1-2-12-20(13-15-7-3-4-11-18-15)17-10-9-14-6-5-8-16(14)19-17/h9-10,15,18H,2-8,11-13H2,1H3. The van der Waals surface area contributed by atoms with Gasteiger partial charge in [0.15, 0.2) is 0 Å². The zero-order chi connectivity index (χ0) is 13.8. The molecule has 3 nitrogen and oxygen atoms in total. The minimum atomic E-state index is 0.644. The molecule has 1 N–H and O–H groups in total. The van der Waals surface area contributed by atoms with Gasteiger partial charge in [0, 0.05) is 24.8 Å². The Morgan fingerprint density at radius 1 is 1.25 bits per heavy atom. The van der Waals surface area contributed by atoms with E-state index in [2.05, 4.69) is 29.3 Å². The van der Waals surface area contributed by atoms with Crippen LogP contribution >= 0.6 is 0 Å². The van der Waals surface area contributed by atoms with Crippen molar-refractivity contribution in [1.29, 1.82) is 0 Å². The molecule has 3 rings (SSSR count). The number of nitrogens with zero attached hydrogens (tertiary/aromatic N) is 2. The van der Waals surface area contributed by atoms with Crippen molar-refractivity contribution in [2.24, 2.45) is 0 Å². The summed E-state index contributed by atoms with van der Waals surface area (Å²) >= 11 is 0. The summed E-state index contributed by atoms with van der Waals surface area (Å²) in [5.41, 5.74) is 2.82. The van der Waals surface area contributed by atoms with Gasteiger partial charge in [-0.05, 0) is 56.7 Å². The van der Waals surface area contributed by atoms with Gasteiger partial charge >= 0.3 is 0 Å². The van der Waals surface area contributed by atoms with Crippen molar-refractivity contribution in [2.45, 2.75) is 57.9 Å². The van der Waals surface area contributed by atoms with E-state index >= 15 is 0 Å². The SMILES string of the molecule is CCCN(CC1CCCCN1)c1ccc2c(n1)CCC2. The van der Waals surface area contributed by atoms with Gasteiger partial charge in [0.2, 0.25) is 0 Å². The topological polar surface area (TPSA) is 28.2 Å². The van der Waals surface area contributed by atoms with Gasteiger partial charge in [-0.1, -0.05) is 19.4 Å². The van der Waals surface area contributed by atoms with Crippen LogP contribution in [0.25, 0.3) is 0 Å². The molecule has 1 fully saturated rings. The van der Waals surface area contributed by atoms with Crippen LogP contribution in [-0.4, -0.2) is 30.7 Å². The van der Waals surface area contributed by atoms with Gasteiger partial charge in [0.1, 0.15) is 5.82 Å². The first-order valence-electron chi connectivity index (χ1n) is 8.34. The monoisotopic (exact) mass is 273 g/mol. The Hall–Kier alpha value is -1.09. The van der Waals surface area contributed by atoms with Crippen LogP contribution in [0.5, 0.6) is 0 Å². The van der Waals surface area contributed by atoms with Crippen molar-refractivity contribution in [3.05, 3.63) is 23.4 Å². The molecule has 1 aromatic rings. The Labute approximate surface area is 122 Å². The predicted molar refractivity (Wildman–Crippen MR) is 84.4 cm³/mol. The molecule has 3 heteroatoms. The maximum absolute atomic E-state index is 4.94. The molecule has 1 atom stereocenters. The minimum Gasteiger partial charge on any atom is -0.355 e. The Bertz CT molecular complexity index is 438. The summed E-state index contributed by atoms with van der Waals surface area (Å²) in [6, 6.07) is 5.19. The molecule has 1 saturated heterocycles. The van der Waals surface area contributed by atoms with Crippen LogP contribution in [-0.2, 0) is 12.8 Å². The third-order valence-corrected chi connectivity index (χ3v) is 4.58. The summed E-state index contributed by atoms with van der Waals surface area (Å²) in [6.07, 6.45) is 8.88. The van der Waals surface area contributed by atoms with Crippen LogP contribution in [0.15, 0.2) is 12.1 Å². The molecular weight excluding hydrogens is 246 g/mol. The fourth-order valence-electron chi connectivity index (χ4n) is 3.50. The fraction of sp³-hybridized carbons (Fsp3) is 0.706. The molecule has 2 heterocycles. The van der Waals surface area contributed by atoms with E-state index in [0.29, 0.717) is 6.04 Å². The highest BCUT2D eigenvalue weighted by atomic mass is 15.2. The zero-order valence-electron chi connectivity index (χ0n) is 12.7. The van der Waals surface area contributed by atoms with Crippen molar-refractivity contribution in [3.8, 4) is 0 Å². The lowest BCUT2D eigenvalue weighted by atomic mass is 10.0. The number of hydrogen-bond donors (Lipinski definition) is 1. The van der Waals surface area contributed by atoms with Gasteiger partial charge in [-0.3, -0.25) is 0 Å². The van der Waals surface area contributed by atoms with Crippen LogP contribution in [0.3, 0.4) is 0 Å². The first-order valence-corrected chi connectivity index (χ1v) is 8.34. The Balaban J connectivity index is 1.72. The van der Waals surface area contributed by atoms with Gasteiger partial charge in [-0.25, -0.2) is 4.98 Å². The molecule has 0 bridgehead atoms. The average molecular weight is 273 g/mol. The molecule has 0 amide bonds. The number of anilines is 1. The molecule has 0 aromatic carbocycles. The van der Waals surface area contributed by atoms with Gasteiger partial charge in [-0.2, -0.15) is 0 Å². The second-order valence-corrected chi connectivity index (χ2v) is 6.22. The number of nitrogens with one attached hydrogen (secondary N) is 1. The van der Waals surface area contributed by atoms with Gasteiger partial charge in [0.05, 0.1) is 0 Å². The van der Waals surface area contributed by atoms with Crippen LogP contribution in [0.2, 0.25) is 0 Å². The van der Waals surface area contributed by atoms with Crippen molar-refractivity contribution < 1.29 is 0 Å². The van der Waals surface area contributed by atoms with E-state index < -0.39 is 0 Å². The quantitative estimate of drug-likeness (QED) is 0.894. The fourth-order valence-corrected chi connectivity index (χ4v) is 3.50. The molecule has 1 unspecified atom stereocenters. The highest BCUT2D eigenvalue weighted by Crippen LogP contribution is 2.24. The minimum absolute atomic E-state index is 0.644. The first kappa shape index (κ1) is 13.9. The normalized spacial score (nSPS) is 21.8. The summed E-state index contributed by atoms with van der Waals surface area (Å²) in [5.74, 6) is 1.19. The molecule has 0 saturated carbocycles. The highest BCUT2D eigenvalue weighted by molar-refractivity contribution is 5.43. The van der Waals surface area contributed by atoms with Crippen LogP contribution in [0.4, 0.5) is 5.82 Å². The van der Waals surface area contributed by atoms with E-state index in [1.807, 2.05) is 0 Å².